The molecule has 3 rings (SSSR count). The standard InChI is InChI=1S/C20H30N2O2/c23-20(18-10-5-2-6-11-18)21-12-7-13-22-14-15-24-19(16-22)17-8-3-1-4-9-17/h1,3-4,8-9,18-19H,2,5-7,10-16H2,(H,21,23)/t19-/m1/s1. The van der Waals surface area contributed by atoms with E-state index in [9.17, 15) is 4.79 Å². The van der Waals surface area contributed by atoms with Gasteiger partial charge in [0.15, 0.2) is 0 Å². The fourth-order valence-electron chi connectivity index (χ4n) is 3.80. The van der Waals surface area contributed by atoms with Gasteiger partial charge < -0.3 is 10.1 Å². The first-order chi connectivity index (χ1) is 11.8. The summed E-state index contributed by atoms with van der Waals surface area (Å²) in [4.78, 5) is 14.6. The van der Waals surface area contributed by atoms with E-state index in [2.05, 4.69) is 34.5 Å². The van der Waals surface area contributed by atoms with Crippen molar-refractivity contribution in [2.45, 2.75) is 44.6 Å². The molecule has 1 heterocycles. The number of hydrogen-bond donors (Lipinski definition) is 1. The Morgan fingerprint density at radius 2 is 1.96 bits per heavy atom. The van der Waals surface area contributed by atoms with Crippen LogP contribution in [0.15, 0.2) is 30.3 Å². The van der Waals surface area contributed by atoms with E-state index < -0.39 is 0 Å². The molecule has 132 valence electrons. The summed E-state index contributed by atoms with van der Waals surface area (Å²) in [5.41, 5.74) is 1.26. The normalized spacial score (nSPS) is 23.1. The molecule has 24 heavy (non-hydrogen) atoms. The predicted octanol–water partition coefficient (Wildman–Crippen LogP) is 3.15. The van der Waals surface area contributed by atoms with Gasteiger partial charge in [-0.25, -0.2) is 0 Å². The molecule has 1 amide bonds. The zero-order valence-corrected chi connectivity index (χ0v) is 14.6. The van der Waals surface area contributed by atoms with Crippen molar-refractivity contribution in [1.82, 2.24) is 10.2 Å². The Labute approximate surface area is 145 Å². The van der Waals surface area contributed by atoms with Crippen LogP contribution in [-0.4, -0.2) is 43.6 Å². The molecule has 0 aromatic heterocycles. The maximum absolute atomic E-state index is 12.1. The average Bonchev–Trinajstić information content (AvgIpc) is 2.67. The number of amides is 1. The molecule has 1 aromatic carbocycles. The molecule has 1 aliphatic carbocycles. The highest BCUT2D eigenvalue weighted by Gasteiger charge is 2.22. The topological polar surface area (TPSA) is 41.6 Å². The SMILES string of the molecule is O=C(NCCCN1CCO[C@@H](c2ccccc2)C1)C1CCCCC1. The lowest BCUT2D eigenvalue weighted by Crippen LogP contribution is -2.40. The second-order valence-corrected chi connectivity index (χ2v) is 7.05. The minimum absolute atomic E-state index is 0.178. The first-order valence-corrected chi connectivity index (χ1v) is 9.49. The molecule has 0 spiro atoms. The van der Waals surface area contributed by atoms with Gasteiger partial charge in [0, 0.05) is 32.1 Å². The van der Waals surface area contributed by atoms with Gasteiger partial charge >= 0.3 is 0 Å². The quantitative estimate of drug-likeness (QED) is 0.815. The van der Waals surface area contributed by atoms with Crippen LogP contribution in [0.4, 0.5) is 0 Å². The molecule has 1 aliphatic heterocycles. The molecule has 1 saturated carbocycles. The van der Waals surface area contributed by atoms with E-state index in [0.29, 0.717) is 0 Å². The summed E-state index contributed by atoms with van der Waals surface area (Å²) in [6.07, 6.45) is 7.07. The van der Waals surface area contributed by atoms with Gasteiger partial charge in [-0.2, -0.15) is 0 Å². The van der Waals surface area contributed by atoms with Crippen LogP contribution in [0, 0.1) is 5.92 Å². The zero-order chi connectivity index (χ0) is 16.6. The zero-order valence-electron chi connectivity index (χ0n) is 14.6. The summed E-state index contributed by atoms with van der Waals surface area (Å²) in [6.45, 7) is 4.54. The monoisotopic (exact) mass is 330 g/mol. The third-order valence-electron chi connectivity index (χ3n) is 5.25. The summed E-state index contributed by atoms with van der Waals surface area (Å²) in [5.74, 6) is 0.545. The van der Waals surface area contributed by atoms with E-state index in [1.807, 2.05) is 6.07 Å². The van der Waals surface area contributed by atoms with Gasteiger partial charge in [0.25, 0.3) is 0 Å². The minimum Gasteiger partial charge on any atom is -0.371 e. The van der Waals surface area contributed by atoms with E-state index in [1.54, 1.807) is 0 Å². The van der Waals surface area contributed by atoms with Crippen LogP contribution in [0.5, 0.6) is 0 Å². The van der Waals surface area contributed by atoms with Crippen LogP contribution in [0.1, 0.15) is 50.2 Å². The van der Waals surface area contributed by atoms with Gasteiger partial charge in [0.1, 0.15) is 0 Å². The smallest absolute Gasteiger partial charge is 0.223 e. The van der Waals surface area contributed by atoms with Crippen molar-refractivity contribution in [3.05, 3.63) is 35.9 Å². The lowest BCUT2D eigenvalue weighted by Gasteiger charge is -2.33. The first-order valence-electron chi connectivity index (χ1n) is 9.49. The molecule has 1 N–H and O–H groups in total. The van der Waals surface area contributed by atoms with Gasteiger partial charge in [0.2, 0.25) is 5.91 Å². The fraction of sp³-hybridized carbons (Fsp3) is 0.650. The van der Waals surface area contributed by atoms with Gasteiger partial charge in [0.05, 0.1) is 12.7 Å². The Morgan fingerprint density at radius 3 is 2.75 bits per heavy atom. The van der Waals surface area contributed by atoms with E-state index in [1.165, 1.54) is 24.8 Å². The maximum atomic E-state index is 12.1. The highest BCUT2D eigenvalue weighted by atomic mass is 16.5. The van der Waals surface area contributed by atoms with Crippen molar-refractivity contribution >= 4 is 5.91 Å². The van der Waals surface area contributed by atoms with Gasteiger partial charge in [-0.1, -0.05) is 49.6 Å². The van der Waals surface area contributed by atoms with Crippen LogP contribution in [-0.2, 0) is 9.53 Å². The molecule has 0 bridgehead atoms. The molecule has 0 radical (unpaired) electrons. The maximum Gasteiger partial charge on any atom is 0.223 e. The van der Waals surface area contributed by atoms with Crippen molar-refractivity contribution in [2.75, 3.05) is 32.8 Å². The Morgan fingerprint density at radius 1 is 1.17 bits per heavy atom. The second kappa shape index (κ2) is 9.19. The van der Waals surface area contributed by atoms with Crippen LogP contribution >= 0.6 is 0 Å². The number of ether oxygens (including phenoxy) is 1. The summed E-state index contributed by atoms with van der Waals surface area (Å²) in [7, 11) is 0. The van der Waals surface area contributed by atoms with Crippen LogP contribution < -0.4 is 5.32 Å². The Kier molecular flexibility index (Phi) is 6.67. The molecular weight excluding hydrogens is 300 g/mol. The van der Waals surface area contributed by atoms with Crippen LogP contribution in [0.25, 0.3) is 0 Å². The summed E-state index contributed by atoms with van der Waals surface area (Å²) >= 11 is 0. The number of nitrogens with zero attached hydrogens (tertiary/aromatic N) is 1. The second-order valence-electron chi connectivity index (χ2n) is 7.05. The number of carbonyl (C=O) groups excluding carboxylic acids is 1. The van der Waals surface area contributed by atoms with E-state index in [4.69, 9.17) is 4.74 Å². The Hall–Kier alpha value is -1.39. The molecule has 2 aliphatic rings. The van der Waals surface area contributed by atoms with Gasteiger partial charge in [-0.05, 0) is 24.8 Å². The average molecular weight is 330 g/mol. The third-order valence-corrected chi connectivity index (χ3v) is 5.25. The van der Waals surface area contributed by atoms with Crippen molar-refractivity contribution < 1.29 is 9.53 Å². The largest absolute Gasteiger partial charge is 0.371 e. The summed E-state index contributed by atoms with van der Waals surface area (Å²) < 4.78 is 5.91. The highest BCUT2D eigenvalue weighted by molar-refractivity contribution is 5.78. The molecule has 1 saturated heterocycles. The highest BCUT2D eigenvalue weighted by Crippen LogP contribution is 2.24. The van der Waals surface area contributed by atoms with E-state index >= 15 is 0 Å². The van der Waals surface area contributed by atoms with Crippen molar-refractivity contribution in [3.63, 3.8) is 0 Å². The number of rotatable bonds is 6. The molecule has 0 unspecified atom stereocenters. The van der Waals surface area contributed by atoms with E-state index in [-0.39, 0.29) is 17.9 Å². The Bertz CT molecular complexity index is 500. The number of hydrogen-bond acceptors (Lipinski definition) is 3. The minimum atomic E-state index is 0.178. The number of carbonyl (C=O) groups is 1. The molecule has 4 nitrogen and oxygen atoms in total. The van der Waals surface area contributed by atoms with Gasteiger partial charge in [-0.3, -0.25) is 9.69 Å². The molecular formula is C20H30N2O2. The molecule has 1 aromatic rings. The summed E-state index contributed by atoms with van der Waals surface area (Å²) in [6, 6.07) is 10.5. The van der Waals surface area contributed by atoms with Crippen molar-refractivity contribution in [3.8, 4) is 0 Å². The van der Waals surface area contributed by atoms with E-state index in [0.717, 1.165) is 52.0 Å². The van der Waals surface area contributed by atoms with Crippen molar-refractivity contribution in [1.29, 1.82) is 0 Å². The lowest BCUT2D eigenvalue weighted by molar-refractivity contribution is -0.125. The summed E-state index contributed by atoms with van der Waals surface area (Å²) in [5, 5.41) is 3.14. The lowest BCUT2D eigenvalue weighted by atomic mass is 9.89. The van der Waals surface area contributed by atoms with Crippen LogP contribution in [0.2, 0.25) is 0 Å². The molecule has 4 heteroatoms. The third kappa shape index (κ3) is 5.05. The predicted molar refractivity (Wildman–Crippen MR) is 95.8 cm³/mol. The Balaban J connectivity index is 1.35. The van der Waals surface area contributed by atoms with Gasteiger partial charge in [-0.15, -0.1) is 0 Å². The van der Waals surface area contributed by atoms with Crippen LogP contribution in [0.3, 0.4) is 0 Å². The first kappa shape index (κ1) is 17.4. The fourth-order valence-corrected chi connectivity index (χ4v) is 3.80. The number of nitrogens with one attached hydrogen (secondary N) is 1. The molecule has 2 fully saturated rings. The molecule has 1 atom stereocenters. The van der Waals surface area contributed by atoms with Crippen molar-refractivity contribution in [2.24, 2.45) is 5.92 Å². The number of benzene rings is 1. The number of morpholine rings is 1.